The van der Waals surface area contributed by atoms with Crippen LogP contribution in [0.2, 0.25) is 0 Å². The summed E-state index contributed by atoms with van der Waals surface area (Å²) >= 11 is 0. The van der Waals surface area contributed by atoms with Crippen LogP contribution in [0.5, 0.6) is 5.75 Å². The third kappa shape index (κ3) is 5.56. The molecule has 4 rings (SSSR count). The van der Waals surface area contributed by atoms with E-state index in [1.807, 2.05) is 59.2 Å². The van der Waals surface area contributed by atoms with Crippen LogP contribution in [0.3, 0.4) is 0 Å². The third-order valence-corrected chi connectivity index (χ3v) is 5.22. The molecule has 0 bridgehead atoms. The first kappa shape index (κ1) is 22.1. The molecule has 7 heteroatoms. The lowest BCUT2D eigenvalue weighted by atomic mass is 10.2. The van der Waals surface area contributed by atoms with Gasteiger partial charge >= 0.3 is 0 Å². The molecule has 0 spiro atoms. The topological polar surface area (TPSA) is 100 Å². The smallest absolute Gasteiger partial charge is 0.251 e. The number of carbonyl (C=O) groups is 1. The first-order valence-electron chi connectivity index (χ1n) is 10.7. The van der Waals surface area contributed by atoms with Crippen LogP contribution < -0.4 is 10.1 Å². The summed E-state index contributed by atoms with van der Waals surface area (Å²) < 4.78 is 7.63. The minimum Gasteiger partial charge on any atom is -0.491 e. The monoisotopic (exact) mass is 440 g/mol. The van der Waals surface area contributed by atoms with Crippen molar-refractivity contribution in [1.82, 2.24) is 14.9 Å². The molecule has 33 heavy (non-hydrogen) atoms. The Morgan fingerprint density at radius 3 is 2.55 bits per heavy atom. The third-order valence-electron chi connectivity index (χ3n) is 5.22. The number of hydrogen-bond donors (Lipinski definition) is 2. The molecule has 1 unspecified atom stereocenters. The van der Waals surface area contributed by atoms with Crippen molar-refractivity contribution in [2.24, 2.45) is 0 Å². The highest BCUT2D eigenvalue weighted by molar-refractivity contribution is 5.94. The van der Waals surface area contributed by atoms with Gasteiger partial charge in [-0.1, -0.05) is 42.5 Å². The van der Waals surface area contributed by atoms with Gasteiger partial charge < -0.3 is 19.7 Å². The first-order chi connectivity index (χ1) is 16.1. The average molecular weight is 441 g/mol. The van der Waals surface area contributed by atoms with E-state index in [4.69, 9.17) is 10.00 Å². The summed E-state index contributed by atoms with van der Waals surface area (Å²) in [6.45, 7) is 0.597. The summed E-state index contributed by atoms with van der Waals surface area (Å²) in [6.07, 6.45) is -0.440. The van der Waals surface area contributed by atoms with E-state index < -0.39 is 6.10 Å². The second-order valence-electron chi connectivity index (χ2n) is 7.62. The van der Waals surface area contributed by atoms with Gasteiger partial charge in [0.25, 0.3) is 5.91 Å². The fourth-order valence-corrected chi connectivity index (χ4v) is 3.57. The second kappa shape index (κ2) is 10.4. The van der Waals surface area contributed by atoms with Crippen molar-refractivity contribution in [3.63, 3.8) is 0 Å². The molecule has 1 aromatic heterocycles. The molecule has 0 radical (unpaired) electrons. The van der Waals surface area contributed by atoms with Crippen LogP contribution in [0.4, 0.5) is 0 Å². The van der Waals surface area contributed by atoms with E-state index in [0.717, 1.165) is 16.6 Å². The molecule has 0 saturated carbocycles. The number of amides is 1. The van der Waals surface area contributed by atoms with Crippen LogP contribution in [0.15, 0.2) is 78.9 Å². The largest absolute Gasteiger partial charge is 0.491 e. The molecule has 7 nitrogen and oxygen atoms in total. The van der Waals surface area contributed by atoms with Crippen LogP contribution in [0.1, 0.15) is 21.7 Å². The van der Waals surface area contributed by atoms with Crippen LogP contribution in [-0.4, -0.2) is 33.3 Å². The number of aliphatic hydroxyl groups is 1. The van der Waals surface area contributed by atoms with E-state index in [9.17, 15) is 9.90 Å². The lowest BCUT2D eigenvalue weighted by molar-refractivity contribution is 0.0917. The van der Waals surface area contributed by atoms with Gasteiger partial charge in [0.05, 0.1) is 36.6 Å². The molecule has 1 heterocycles. The fraction of sp³-hybridized carbons (Fsp3) is 0.192. The number of carbonyl (C=O) groups excluding carboxylic acids is 1. The zero-order valence-corrected chi connectivity index (χ0v) is 18.0. The number of nitrogens with one attached hydrogen (secondary N) is 1. The molecule has 0 aliphatic heterocycles. The predicted octanol–water partition coefficient (Wildman–Crippen LogP) is 3.47. The Bertz CT molecular complexity index is 1260. The average Bonchev–Trinajstić information content (AvgIpc) is 3.20. The van der Waals surface area contributed by atoms with Crippen molar-refractivity contribution in [1.29, 1.82) is 5.26 Å². The summed E-state index contributed by atoms with van der Waals surface area (Å²) in [4.78, 5) is 17.1. The molecule has 1 atom stereocenters. The lowest BCUT2D eigenvalue weighted by Crippen LogP contribution is -2.28. The highest BCUT2D eigenvalue weighted by atomic mass is 16.5. The van der Waals surface area contributed by atoms with Crippen LogP contribution >= 0.6 is 0 Å². The number of nitriles is 1. The number of aliphatic hydroxyl groups excluding tert-OH is 1. The van der Waals surface area contributed by atoms with Gasteiger partial charge in [0.15, 0.2) is 0 Å². The second-order valence-corrected chi connectivity index (χ2v) is 7.62. The summed E-state index contributed by atoms with van der Waals surface area (Å²) in [6, 6.07) is 26.0. The van der Waals surface area contributed by atoms with Crippen molar-refractivity contribution in [3.8, 4) is 11.8 Å². The van der Waals surface area contributed by atoms with Crippen LogP contribution in [-0.2, 0) is 19.5 Å². The maximum absolute atomic E-state index is 12.5. The van der Waals surface area contributed by atoms with Gasteiger partial charge in [-0.3, -0.25) is 4.79 Å². The van der Waals surface area contributed by atoms with Crippen molar-refractivity contribution in [3.05, 3.63) is 95.8 Å². The zero-order valence-electron chi connectivity index (χ0n) is 18.0. The SMILES string of the molecule is N#CCc1ccc(OCC(O)Cn2c(CNC(=O)c3ccccc3)nc3ccccc32)cc1. The summed E-state index contributed by atoms with van der Waals surface area (Å²) in [5.41, 5.74) is 3.16. The number of imidazole rings is 1. The number of ether oxygens (including phenoxy) is 1. The summed E-state index contributed by atoms with van der Waals surface area (Å²) in [5, 5.41) is 22.3. The van der Waals surface area contributed by atoms with E-state index in [-0.39, 0.29) is 25.6 Å². The molecule has 0 fully saturated rings. The minimum atomic E-state index is -0.787. The van der Waals surface area contributed by atoms with Crippen molar-refractivity contribution >= 4 is 16.9 Å². The zero-order chi connectivity index (χ0) is 23.0. The van der Waals surface area contributed by atoms with Crippen molar-refractivity contribution in [2.45, 2.75) is 25.6 Å². The number of aromatic nitrogens is 2. The van der Waals surface area contributed by atoms with Crippen molar-refractivity contribution < 1.29 is 14.6 Å². The van der Waals surface area contributed by atoms with Crippen LogP contribution in [0.25, 0.3) is 11.0 Å². The Morgan fingerprint density at radius 2 is 1.79 bits per heavy atom. The fourth-order valence-electron chi connectivity index (χ4n) is 3.57. The van der Waals surface area contributed by atoms with Gasteiger partial charge in [0.2, 0.25) is 0 Å². The number of nitrogens with zero attached hydrogens (tertiary/aromatic N) is 3. The van der Waals surface area contributed by atoms with E-state index >= 15 is 0 Å². The number of fused-ring (bicyclic) bond motifs is 1. The first-order valence-corrected chi connectivity index (χ1v) is 10.7. The Morgan fingerprint density at radius 1 is 1.06 bits per heavy atom. The highest BCUT2D eigenvalue weighted by Gasteiger charge is 2.16. The molecule has 2 N–H and O–H groups in total. The number of benzene rings is 3. The van der Waals surface area contributed by atoms with Gasteiger partial charge in [-0.2, -0.15) is 5.26 Å². The Hall–Kier alpha value is -4.15. The number of rotatable bonds is 9. The van der Waals surface area contributed by atoms with Gasteiger partial charge in [-0.25, -0.2) is 4.98 Å². The number of para-hydroxylation sites is 2. The Labute approximate surface area is 191 Å². The van der Waals surface area contributed by atoms with E-state index in [2.05, 4.69) is 16.4 Å². The van der Waals surface area contributed by atoms with Gasteiger partial charge in [-0.15, -0.1) is 0 Å². The molecular weight excluding hydrogens is 416 g/mol. The normalized spacial score (nSPS) is 11.6. The maximum atomic E-state index is 12.5. The highest BCUT2D eigenvalue weighted by Crippen LogP contribution is 2.18. The van der Waals surface area contributed by atoms with Gasteiger partial charge in [0, 0.05) is 5.56 Å². The molecule has 1 amide bonds. The van der Waals surface area contributed by atoms with Gasteiger partial charge in [0.1, 0.15) is 24.3 Å². The number of hydrogen-bond acceptors (Lipinski definition) is 5. The standard InChI is InChI=1S/C26H24N4O3/c27-15-14-19-10-12-22(13-11-19)33-18-21(31)17-30-24-9-5-4-8-23(24)29-25(30)16-28-26(32)20-6-2-1-3-7-20/h1-13,21,31H,14,16-18H2,(H,28,32). The molecule has 166 valence electrons. The summed E-state index contributed by atoms with van der Waals surface area (Å²) in [5.74, 6) is 1.10. The molecular formula is C26H24N4O3. The predicted molar refractivity (Wildman–Crippen MR) is 125 cm³/mol. The lowest BCUT2D eigenvalue weighted by Gasteiger charge is -2.16. The Balaban J connectivity index is 1.43. The van der Waals surface area contributed by atoms with Crippen molar-refractivity contribution in [2.75, 3.05) is 6.61 Å². The minimum absolute atomic E-state index is 0.0971. The summed E-state index contributed by atoms with van der Waals surface area (Å²) in [7, 11) is 0. The quantitative estimate of drug-likeness (QED) is 0.415. The van der Waals surface area contributed by atoms with Gasteiger partial charge in [-0.05, 0) is 42.0 Å². The Kier molecular flexibility index (Phi) is 6.98. The van der Waals surface area contributed by atoms with E-state index in [0.29, 0.717) is 23.6 Å². The van der Waals surface area contributed by atoms with Crippen LogP contribution in [0, 0.1) is 11.3 Å². The maximum Gasteiger partial charge on any atom is 0.251 e. The molecule has 0 aliphatic rings. The molecule has 0 saturated heterocycles. The molecule has 3 aromatic carbocycles. The van der Waals surface area contributed by atoms with E-state index in [1.54, 1.807) is 24.3 Å². The molecule has 0 aliphatic carbocycles. The molecule has 4 aromatic rings. The van der Waals surface area contributed by atoms with E-state index in [1.165, 1.54) is 0 Å².